The predicted molar refractivity (Wildman–Crippen MR) is 131 cm³/mol. The van der Waals surface area contributed by atoms with Crippen LogP contribution in [-0.4, -0.2) is 54.4 Å². The Balaban J connectivity index is 1.65. The molecule has 3 heterocycles. The van der Waals surface area contributed by atoms with Gasteiger partial charge >= 0.3 is 12.4 Å². The Morgan fingerprint density at radius 2 is 1.71 bits per heavy atom. The monoisotopic (exact) mass is 553 g/mol. The zero-order chi connectivity index (χ0) is 27.2. The molecule has 0 amide bonds. The average Bonchev–Trinajstić information content (AvgIpc) is 3.48. The molecule has 0 unspecified atom stereocenters. The second kappa shape index (κ2) is 9.70. The summed E-state index contributed by atoms with van der Waals surface area (Å²) in [6.07, 6.45) is -8.84. The van der Waals surface area contributed by atoms with E-state index in [1.807, 2.05) is 11.9 Å². The summed E-state index contributed by atoms with van der Waals surface area (Å²) in [5.74, 6) is -0.349. The molecule has 0 aliphatic carbocycles. The van der Waals surface area contributed by atoms with E-state index < -0.39 is 29.9 Å². The first-order valence-electron chi connectivity index (χ1n) is 11.6. The van der Waals surface area contributed by atoms with Crippen LogP contribution < -0.4 is 15.5 Å². The topological polar surface area (TPSA) is 64.3 Å². The van der Waals surface area contributed by atoms with Crippen LogP contribution in [0.4, 0.5) is 31.5 Å². The molecule has 2 aliphatic rings. The van der Waals surface area contributed by atoms with Crippen LogP contribution in [0, 0.1) is 0 Å². The third-order valence-electron chi connectivity index (χ3n) is 6.49. The number of hydrogen-bond donors (Lipinski definition) is 1. The molecule has 2 aromatic carbocycles. The number of aromatic nitrogens is 1. The molecule has 0 saturated carbocycles. The molecular weight excluding hydrogens is 532 g/mol. The van der Waals surface area contributed by atoms with Gasteiger partial charge in [0.2, 0.25) is 5.88 Å². The van der Waals surface area contributed by atoms with E-state index in [1.165, 1.54) is 6.21 Å². The van der Waals surface area contributed by atoms with Crippen LogP contribution in [0.15, 0.2) is 46.6 Å². The SMILES string of the molecule is CN1CCN(c2nc(O)c(C(Cc3ccc(C(F)(F)F)cc3C(F)(F)F)=c3ccc4c(c3)C=NN=4)s2)CC1. The molecule has 0 spiro atoms. The number of nitrogens with zero attached hydrogens (tertiary/aromatic N) is 5. The van der Waals surface area contributed by atoms with Crippen LogP contribution in [0.2, 0.25) is 0 Å². The molecule has 1 N–H and O–H groups in total. The first-order valence-corrected chi connectivity index (χ1v) is 12.4. The maximum atomic E-state index is 13.9. The van der Waals surface area contributed by atoms with E-state index in [4.69, 9.17) is 0 Å². The van der Waals surface area contributed by atoms with E-state index in [0.29, 0.717) is 46.0 Å². The number of aromatic hydroxyl groups is 1. The molecule has 1 saturated heterocycles. The third-order valence-corrected chi connectivity index (χ3v) is 7.66. The Hall–Kier alpha value is -3.45. The largest absolute Gasteiger partial charge is 0.492 e. The van der Waals surface area contributed by atoms with E-state index in [-0.39, 0.29) is 22.4 Å². The van der Waals surface area contributed by atoms with Crippen molar-refractivity contribution in [3.8, 4) is 5.88 Å². The van der Waals surface area contributed by atoms with Crippen LogP contribution in [0.25, 0.3) is 5.57 Å². The molecule has 2 aliphatic heterocycles. The minimum absolute atomic E-state index is 0.128. The minimum atomic E-state index is -5.02. The zero-order valence-electron chi connectivity index (χ0n) is 19.9. The maximum absolute atomic E-state index is 13.9. The zero-order valence-corrected chi connectivity index (χ0v) is 20.8. The van der Waals surface area contributed by atoms with Crippen molar-refractivity contribution in [1.82, 2.24) is 9.88 Å². The number of hydrogen-bond acceptors (Lipinski definition) is 7. The van der Waals surface area contributed by atoms with Gasteiger partial charge < -0.3 is 14.9 Å². The smallest absolute Gasteiger partial charge is 0.416 e. The fraction of sp³-hybridized carbons (Fsp3) is 0.320. The second-order valence-electron chi connectivity index (χ2n) is 9.08. The normalized spacial score (nSPS) is 17.0. The van der Waals surface area contributed by atoms with Crippen LogP contribution in [0.1, 0.15) is 27.1 Å². The molecule has 6 nitrogen and oxygen atoms in total. The predicted octanol–water partition coefficient (Wildman–Crippen LogP) is 4.05. The lowest BCUT2D eigenvalue weighted by molar-refractivity contribution is -0.143. The van der Waals surface area contributed by atoms with E-state index in [0.717, 1.165) is 30.5 Å². The molecule has 0 bridgehead atoms. The Labute approximate surface area is 216 Å². The molecule has 200 valence electrons. The van der Waals surface area contributed by atoms with Crippen molar-refractivity contribution in [2.24, 2.45) is 10.2 Å². The molecular formula is C25H21F6N5OS. The van der Waals surface area contributed by atoms with Crippen LogP contribution in [0.3, 0.4) is 0 Å². The Bertz CT molecular complexity index is 1520. The van der Waals surface area contributed by atoms with Gasteiger partial charge in [-0.15, -0.1) is 0 Å². The number of likely N-dealkylation sites (N-methyl/N-ethyl adjacent to an activating group) is 1. The van der Waals surface area contributed by atoms with Gasteiger partial charge in [-0.2, -0.15) is 41.5 Å². The Morgan fingerprint density at radius 3 is 2.39 bits per heavy atom. The van der Waals surface area contributed by atoms with Crippen molar-refractivity contribution in [2.45, 2.75) is 18.8 Å². The van der Waals surface area contributed by atoms with E-state index >= 15 is 0 Å². The summed E-state index contributed by atoms with van der Waals surface area (Å²) in [6, 6.07) is 6.57. The third kappa shape index (κ3) is 5.25. The van der Waals surface area contributed by atoms with Crippen molar-refractivity contribution in [3.05, 3.63) is 74.1 Å². The first kappa shape index (κ1) is 26.2. The lowest BCUT2D eigenvalue weighted by atomic mass is 9.94. The minimum Gasteiger partial charge on any atom is -0.492 e. The molecule has 1 aromatic heterocycles. The fourth-order valence-corrected chi connectivity index (χ4v) is 5.47. The lowest BCUT2D eigenvalue weighted by Gasteiger charge is -2.31. The highest BCUT2D eigenvalue weighted by molar-refractivity contribution is 7.17. The Morgan fingerprint density at radius 1 is 0.974 bits per heavy atom. The summed E-state index contributed by atoms with van der Waals surface area (Å²) in [5.41, 5.74) is -2.19. The van der Waals surface area contributed by atoms with Gasteiger partial charge in [0.1, 0.15) is 0 Å². The standard InChI is InChI=1S/C25H21F6N5OS/c1-35-6-8-36(9-7-35)23-33-22(37)21(38-23)18(14-3-5-20-16(10-14)13-32-34-20)11-15-2-4-17(24(26,27)28)12-19(15)25(29,30)31/h2-5,10,12-13,37H,6-9,11H2,1H3. The fourth-order valence-electron chi connectivity index (χ4n) is 4.40. The van der Waals surface area contributed by atoms with Crippen LogP contribution in [0.5, 0.6) is 5.88 Å². The summed E-state index contributed by atoms with van der Waals surface area (Å²) in [5, 5.41) is 20.2. The van der Waals surface area contributed by atoms with Crippen molar-refractivity contribution in [3.63, 3.8) is 0 Å². The highest BCUT2D eigenvalue weighted by atomic mass is 32.1. The van der Waals surface area contributed by atoms with Crippen LogP contribution >= 0.6 is 11.3 Å². The van der Waals surface area contributed by atoms with Crippen molar-refractivity contribution >= 4 is 28.3 Å². The summed E-state index contributed by atoms with van der Waals surface area (Å²) < 4.78 is 81.5. The molecule has 0 radical (unpaired) electrons. The number of thiazole rings is 1. The van der Waals surface area contributed by atoms with Gasteiger partial charge in [-0.1, -0.05) is 23.5 Å². The quantitative estimate of drug-likeness (QED) is 0.496. The first-order chi connectivity index (χ1) is 17.9. The van der Waals surface area contributed by atoms with Crippen molar-refractivity contribution < 1.29 is 31.4 Å². The summed E-state index contributed by atoms with van der Waals surface area (Å²) in [4.78, 5) is 8.66. The van der Waals surface area contributed by atoms with Gasteiger partial charge in [0.05, 0.1) is 27.6 Å². The van der Waals surface area contributed by atoms with Gasteiger partial charge in [0, 0.05) is 38.2 Å². The lowest BCUT2D eigenvalue weighted by Crippen LogP contribution is -2.44. The highest BCUT2D eigenvalue weighted by Gasteiger charge is 2.38. The number of rotatable bonds is 4. The van der Waals surface area contributed by atoms with E-state index in [1.54, 1.807) is 18.2 Å². The summed E-state index contributed by atoms with van der Waals surface area (Å²) >= 11 is 1.13. The average molecular weight is 554 g/mol. The number of halogens is 6. The van der Waals surface area contributed by atoms with Gasteiger partial charge in [0.25, 0.3) is 0 Å². The van der Waals surface area contributed by atoms with Crippen molar-refractivity contribution in [1.29, 1.82) is 0 Å². The maximum Gasteiger partial charge on any atom is 0.416 e. The molecule has 5 rings (SSSR count). The molecule has 38 heavy (non-hydrogen) atoms. The number of fused-ring (bicyclic) bond motifs is 1. The highest BCUT2D eigenvalue weighted by Crippen LogP contribution is 2.41. The Kier molecular flexibility index (Phi) is 6.68. The second-order valence-corrected chi connectivity index (χ2v) is 10.1. The van der Waals surface area contributed by atoms with Crippen LogP contribution in [-0.2, 0) is 18.8 Å². The molecule has 3 aromatic rings. The van der Waals surface area contributed by atoms with E-state index in [2.05, 4.69) is 20.1 Å². The molecule has 0 atom stereocenters. The van der Waals surface area contributed by atoms with E-state index in [9.17, 15) is 31.4 Å². The van der Waals surface area contributed by atoms with Gasteiger partial charge in [-0.25, -0.2) is 0 Å². The summed E-state index contributed by atoms with van der Waals surface area (Å²) in [7, 11) is 1.99. The van der Waals surface area contributed by atoms with Gasteiger partial charge in [0.15, 0.2) is 5.13 Å². The summed E-state index contributed by atoms with van der Waals surface area (Å²) in [6.45, 7) is 2.87. The molecule has 13 heteroatoms. The van der Waals surface area contributed by atoms with Crippen molar-refractivity contribution in [2.75, 3.05) is 38.1 Å². The number of benzene rings is 2. The molecule has 1 fully saturated rings. The van der Waals surface area contributed by atoms with Gasteiger partial charge in [-0.3, -0.25) is 0 Å². The van der Waals surface area contributed by atoms with Gasteiger partial charge in [-0.05, 0) is 47.7 Å². The number of anilines is 1. The number of piperazine rings is 1. The number of alkyl halides is 6.